The van der Waals surface area contributed by atoms with Crippen LogP contribution in [-0.2, 0) is 0 Å². The molecular weight excluding hydrogens is 198 g/mol. The molecule has 0 aliphatic heterocycles. The molecule has 0 saturated carbocycles. The van der Waals surface area contributed by atoms with E-state index < -0.39 is 0 Å². The van der Waals surface area contributed by atoms with Crippen molar-refractivity contribution in [3.05, 3.63) is 0 Å². The highest BCUT2D eigenvalue weighted by Crippen LogP contribution is 1.65. The van der Waals surface area contributed by atoms with Gasteiger partial charge in [0.1, 0.15) is 0 Å². The first-order chi connectivity index (χ1) is 6.95. The fourth-order valence-corrected chi connectivity index (χ4v) is 0.0913. The molecule has 0 heterocycles. The van der Waals surface area contributed by atoms with E-state index in [1.54, 1.807) is 13.8 Å². The van der Waals surface area contributed by atoms with E-state index in [4.69, 9.17) is 32.5 Å². The van der Waals surface area contributed by atoms with Crippen LogP contribution in [0.5, 0.6) is 0 Å². The molecule has 0 saturated heterocycles. The molecule has 15 heavy (non-hydrogen) atoms. The second kappa shape index (κ2) is 19.4. The summed E-state index contributed by atoms with van der Waals surface area (Å²) >= 11 is 0. The Hall–Kier alpha value is -0.240. The summed E-state index contributed by atoms with van der Waals surface area (Å²) in [6.45, 7) is 4.66. The highest BCUT2D eigenvalue weighted by atomic mass is 16.3. The largest absolute Gasteiger partial charge is 0.396 e. The van der Waals surface area contributed by atoms with Gasteiger partial charge in [-0.05, 0) is 26.8 Å². The van der Waals surface area contributed by atoms with Crippen LogP contribution >= 0.6 is 0 Å². The van der Waals surface area contributed by atoms with E-state index in [1.165, 1.54) is 0 Å². The van der Waals surface area contributed by atoms with Crippen LogP contribution in [0.25, 0.3) is 0 Å². The van der Waals surface area contributed by atoms with E-state index in [9.17, 15) is 0 Å². The van der Waals surface area contributed by atoms with E-state index >= 15 is 0 Å². The number of rotatable bonds is 4. The summed E-state index contributed by atoms with van der Waals surface area (Å²) in [5, 5.41) is 24.2. The predicted octanol–water partition coefficient (Wildman–Crippen LogP) is -2.02. The van der Waals surface area contributed by atoms with Gasteiger partial charge in [0.05, 0.1) is 12.7 Å². The topological polar surface area (TPSA) is 139 Å². The Morgan fingerprint density at radius 3 is 1.47 bits per heavy atom. The minimum absolute atomic E-state index is 0.0602. The lowest BCUT2D eigenvalue weighted by molar-refractivity contribution is 0.203. The second-order valence-electron chi connectivity index (χ2n) is 3.11. The molecule has 0 bridgehead atoms. The summed E-state index contributed by atoms with van der Waals surface area (Å²) < 4.78 is 0. The molecule has 96 valence electrons. The van der Waals surface area contributed by atoms with Crippen molar-refractivity contribution in [3.63, 3.8) is 0 Å². The average Bonchev–Trinajstić information content (AvgIpc) is 2.20. The normalized spacial score (nSPS) is 12.8. The van der Waals surface area contributed by atoms with Gasteiger partial charge in [-0.2, -0.15) is 0 Å². The number of hydrogen-bond acceptors (Lipinski definition) is 6. The van der Waals surface area contributed by atoms with Crippen molar-refractivity contribution in [2.45, 2.75) is 32.4 Å². The SMILES string of the molecule is CC(N)CO.CC(O)CN.NCCCO. The van der Waals surface area contributed by atoms with Gasteiger partial charge in [0.2, 0.25) is 0 Å². The minimum atomic E-state index is -0.338. The highest BCUT2D eigenvalue weighted by molar-refractivity contribution is 4.43. The summed E-state index contributed by atoms with van der Waals surface area (Å²) in [5.74, 6) is 0. The summed E-state index contributed by atoms with van der Waals surface area (Å²) in [5.41, 5.74) is 14.9. The van der Waals surface area contributed by atoms with E-state index in [1.807, 2.05) is 0 Å². The standard InChI is InChI=1S/3C3H9NO/c1-3(4)2-5;1-3(5)2-4;4-2-1-3-5/h2*3,5H,2,4H2,1H3;5H,1-4H2. The third kappa shape index (κ3) is 57.4. The Bertz CT molecular complexity index is 82.7. The third-order valence-corrected chi connectivity index (χ3v) is 0.991. The van der Waals surface area contributed by atoms with Crippen LogP contribution < -0.4 is 17.2 Å². The van der Waals surface area contributed by atoms with Crippen molar-refractivity contribution in [2.24, 2.45) is 17.2 Å². The molecule has 0 fully saturated rings. The van der Waals surface area contributed by atoms with Gasteiger partial charge in [0, 0.05) is 19.2 Å². The van der Waals surface area contributed by atoms with Crippen molar-refractivity contribution >= 4 is 0 Å². The van der Waals surface area contributed by atoms with Crippen LogP contribution in [0.3, 0.4) is 0 Å². The smallest absolute Gasteiger partial charge is 0.0634 e. The van der Waals surface area contributed by atoms with Gasteiger partial charge in [-0.25, -0.2) is 0 Å². The Morgan fingerprint density at radius 2 is 1.47 bits per heavy atom. The summed E-state index contributed by atoms with van der Waals surface area (Å²) in [6, 6.07) is -0.0602. The Kier molecular flexibility index (Phi) is 26.1. The first-order valence-corrected chi connectivity index (χ1v) is 5.01. The predicted molar refractivity (Wildman–Crippen MR) is 62.2 cm³/mol. The van der Waals surface area contributed by atoms with Gasteiger partial charge >= 0.3 is 0 Å². The van der Waals surface area contributed by atoms with Crippen molar-refractivity contribution in [1.29, 1.82) is 0 Å². The minimum Gasteiger partial charge on any atom is -0.396 e. The highest BCUT2D eigenvalue weighted by Gasteiger charge is 1.82. The summed E-state index contributed by atoms with van der Waals surface area (Å²) in [7, 11) is 0. The van der Waals surface area contributed by atoms with Gasteiger partial charge in [-0.1, -0.05) is 0 Å². The Morgan fingerprint density at radius 1 is 1.13 bits per heavy atom. The third-order valence-electron chi connectivity index (χ3n) is 0.991. The monoisotopic (exact) mass is 225 g/mol. The number of nitrogens with two attached hydrogens (primary N) is 3. The molecule has 0 aromatic carbocycles. The lowest BCUT2D eigenvalue weighted by atomic mass is 10.4. The fraction of sp³-hybridized carbons (Fsp3) is 1.00. The zero-order chi connectivity index (χ0) is 12.7. The number of aliphatic hydroxyl groups is 3. The molecule has 0 aromatic heterocycles. The van der Waals surface area contributed by atoms with Gasteiger partial charge in [-0.15, -0.1) is 0 Å². The van der Waals surface area contributed by atoms with E-state index in [2.05, 4.69) is 0 Å². The van der Waals surface area contributed by atoms with Crippen LogP contribution in [-0.4, -0.2) is 53.8 Å². The van der Waals surface area contributed by atoms with Gasteiger partial charge < -0.3 is 32.5 Å². The lowest BCUT2D eigenvalue weighted by Gasteiger charge is -1.91. The van der Waals surface area contributed by atoms with Crippen molar-refractivity contribution in [3.8, 4) is 0 Å². The first kappa shape index (κ1) is 20.2. The van der Waals surface area contributed by atoms with Crippen molar-refractivity contribution < 1.29 is 15.3 Å². The lowest BCUT2D eigenvalue weighted by Crippen LogP contribution is -2.18. The zero-order valence-corrected chi connectivity index (χ0v) is 9.76. The number of hydrogen-bond donors (Lipinski definition) is 6. The van der Waals surface area contributed by atoms with Gasteiger partial charge in [0.15, 0.2) is 0 Å². The molecular formula is C9H27N3O3. The molecule has 0 spiro atoms. The summed E-state index contributed by atoms with van der Waals surface area (Å²) in [6.07, 6.45) is 0.384. The molecule has 6 heteroatoms. The summed E-state index contributed by atoms with van der Waals surface area (Å²) in [4.78, 5) is 0. The maximum atomic E-state index is 8.24. The Balaban J connectivity index is -0.000000144. The zero-order valence-electron chi connectivity index (χ0n) is 9.76. The molecule has 9 N–H and O–H groups in total. The maximum Gasteiger partial charge on any atom is 0.0634 e. The quantitative estimate of drug-likeness (QED) is 0.326. The van der Waals surface area contributed by atoms with E-state index in [0.717, 1.165) is 6.42 Å². The van der Waals surface area contributed by atoms with E-state index in [0.29, 0.717) is 13.1 Å². The second-order valence-corrected chi connectivity index (χ2v) is 3.11. The van der Waals surface area contributed by atoms with Crippen LogP contribution in [0.15, 0.2) is 0 Å². The molecule has 0 radical (unpaired) electrons. The van der Waals surface area contributed by atoms with E-state index in [-0.39, 0.29) is 25.4 Å². The molecule has 0 rings (SSSR count). The maximum absolute atomic E-state index is 8.24. The fourth-order valence-electron chi connectivity index (χ4n) is 0.0913. The van der Waals surface area contributed by atoms with Gasteiger partial charge in [0.25, 0.3) is 0 Å². The van der Waals surface area contributed by atoms with Crippen LogP contribution in [0.2, 0.25) is 0 Å². The first-order valence-electron chi connectivity index (χ1n) is 5.01. The molecule has 0 aromatic rings. The van der Waals surface area contributed by atoms with Crippen molar-refractivity contribution in [1.82, 2.24) is 0 Å². The molecule has 0 aliphatic carbocycles. The molecule has 0 amide bonds. The molecule has 6 nitrogen and oxygen atoms in total. The van der Waals surface area contributed by atoms with Crippen LogP contribution in [0.4, 0.5) is 0 Å². The molecule has 2 atom stereocenters. The van der Waals surface area contributed by atoms with Crippen LogP contribution in [0, 0.1) is 0 Å². The van der Waals surface area contributed by atoms with Crippen molar-refractivity contribution in [2.75, 3.05) is 26.3 Å². The average molecular weight is 225 g/mol. The Labute approximate surface area is 92.1 Å². The van der Waals surface area contributed by atoms with Crippen LogP contribution in [0.1, 0.15) is 20.3 Å². The van der Waals surface area contributed by atoms with Gasteiger partial charge in [-0.3, -0.25) is 0 Å². The molecule has 2 unspecified atom stereocenters. The number of aliphatic hydroxyl groups excluding tert-OH is 3. The molecule has 0 aliphatic rings.